The average molecular weight is 411 g/mol. The van der Waals surface area contributed by atoms with E-state index < -0.39 is 0 Å². The van der Waals surface area contributed by atoms with Crippen LogP contribution < -0.4 is 10.3 Å². The lowest BCUT2D eigenvalue weighted by Crippen LogP contribution is -2.17. The van der Waals surface area contributed by atoms with Gasteiger partial charge in [-0.15, -0.1) is 11.3 Å². The molecule has 4 aromatic rings. The highest BCUT2D eigenvalue weighted by Crippen LogP contribution is 2.18. The number of ketones is 1. The van der Waals surface area contributed by atoms with Gasteiger partial charge in [-0.05, 0) is 36.8 Å². The van der Waals surface area contributed by atoms with Crippen molar-refractivity contribution in [2.75, 3.05) is 0 Å². The van der Waals surface area contributed by atoms with Crippen molar-refractivity contribution in [1.82, 2.24) is 9.38 Å². The van der Waals surface area contributed by atoms with Gasteiger partial charge in [-0.3, -0.25) is 14.0 Å². The van der Waals surface area contributed by atoms with Crippen molar-refractivity contribution in [1.29, 1.82) is 0 Å². The summed E-state index contributed by atoms with van der Waals surface area (Å²) >= 11 is 7.24. The Hall–Kier alpha value is -2.96. The second-order valence-corrected chi connectivity index (χ2v) is 7.53. The maximum Gasteiger partial charge on any atom is 0.265 e. The van der Waals surface area contributed by atoms with Crippen LogP contribution in [0.2, 0.25) is 5.02 Å². The SMILES string of the molecule is Cc1c(OCc2ccc(C(=O)c3ccc(Cl)cc3)cc2)nc2sccn2c1=O. The summed E-state index contributed by atoms with van der Waals surface area (Å²) in [6.07, 6.45) is 1.70. The summed E-state index contributed by atoms with van der Waals surface area (Å²) in [6, 6.07) is 14.0. The zero-order chi connectivity index (χ0) is 19.7. The van der Waals surface area contributed by atoms with Gasteiger partial charge in [0.05, 0.1) is 5.56 Å². The maximum absolute atomic E-state index is 12.5. The minimum atomic E-state index is -0.134. The van der Waals surface area contributed by atoms with Crippen molar-refractivity contribution in [2.24, 2.45) is 0 Å². The molecule has 0 amide bonds. The van der Waals surface area contributed by atoms with E-state index >= 15 is 0 Å². The van der Waals surface area contributed by atoms with Crippen molar-refractivity contribution >= 4 is 33.7 Å². The summed E-state index contributed by atoms with van der Waals surface area (Å²) in [7, 11) is 0. The van der Waals surface area contributed by atoms with Crippen LogP contribution in [0.25, 0.3) is 4.96 Å². The summed E-state index contributed by atoms with van der Waals surface area (Å²) in [4.78, 5) is 29.8. The fraction of sp³-hybridized carbons (Fsp3) is 0.0952. The Balaban J connectivity index is 1.49. The van der Waals surface area contributed by atoms with Crippen LogP contribution in [0.15, 0.2) is 64.9 Å². The number of rotatable bonds is 5. The second kappa shape index (κ2) is 7.58. The van der Waals surface area contributed by atoms with Gasteiger partial charge in [0.25, 0.3) is 5.56 Å². The van der Waals surface area contributed by atoms with E-state index in [1.807, 2.05) is 17.5 Å². The molecule has 0 saturated carbocycles. The smallest absolute Gasteiger partial charge is 0.265 e. The highest BCUT2D eigenvalue weighted by Gasteiger charge is 2.12. The minimum Gasteiger partial charge on any atom is -0.472 e. The van der Waals surface area contributed by atoms with E-state index in [1.54, 1.807) is 49.5 Å². The zero-order valence-corrected chi connectivity index (χ0v) is 16.5. The molecule has 0 spiro atoms. The minimum absolute atomic E-state index is 0.0715. The molecule has 0 atom stereocenters. The first-order valence-electron chi connectivity index (χ1n) is 8.51. The van der Waals surface area contributed by atoms with Crippen molar-refractivity contribution in [2.45, 2.75) is 13.5 Å². The Morgan fingerprint density at radius 1 is 1.11 bits per heavy atom. The number of nitrogens with zero attached hydrogens (tertiary/aromatic N) is 2. The molecule has 140 valence electrons. The molecule has 0 saturated heterocycles. The summed E-state index contributed by atoms with van der Waals surface area (Å²) in [5, 5.41) is 2.40. The van der Waals surface area contributed by atoms with Crippen molar-refractivity contribution in [3.8, 4) is 5.88 Å². The third kappa shape index (κ3) is 3.56. The van der Waals surface area contributed by atoms with E-state index in [4.69, 9.17) is 16.3 Å². The largest absolute Gasteiger partial charge is 0.472 e. The lowest BCUT2D eigenvalue weighted by molar-refractivity contribution is 0.103. The van der Waals surface area contributed by atoms with Crippen LogP contribution in [0.1, 0.15) is 27.0 Å². The van der Waals surface area contributed by atoms with Gasteiger partial charge in [-0.2, -0.15) is 4.98 Å². The summed E-state index contributed by atoms with van der Waals surface area (Å²) in [5.74, 6) is 0.256. The van der Waals surface area contributed by atoms with E-state index in [-0.39, 0.29) is 17.9 Å². The Labute approximate surface area is 169 Å². The van der Waals surface area contributed by atoms with Gasteiger partial charge in [0.2, 0.25) is 5.88 Å². The first-order chi connectivity index (χ1) is 13.5. The molecule has 2 heterocycles. The first kappa shape index (κ1) is 18.4. The molecule has 0 fully saturated rings. The monoisotopic (exact) mass is 410 g/mol. The number of thiazole rings is 1. The normalized spacial score (nSPS) is 10.9. The molecule has 7 heteroatoms. The second-order valence-electron chi connectivity index (χ2n) is 6.22. The number of carbonyl (C=O) groups is 1. The molecule has 4 rings (SSSR count). The number of aromatic nitrogens is 2. The Bertz CT molecular complexity index is 1210. The van der Waals surface area contributed by atoms with Gasteiger partial charge >= 0.3 is 0 Å². The Morgan fingerprint density at radius 3 is 2.43 bits per heavy atom. The standard InChI is InChI=1S/C21H15ClN2O3S/c1-13-19(23-21-24(20(13)26)10-11-28-21)27-12-14-2-4-15(5-3-14)18(25)16-6-8-17(22)9-7-16/h2-11H,12H2,1H3. The molecule has 0 radical (unpaired) electrons. The van der Waals surface area contributed by atoms with E-state index in [0.717, 1.165) is 5.56 Å². The number of ether oxygens (including phenoxy) is 1. The van der Waals surface area contributed by atoms with Crippen LogP contribution in [0.4, 0.5) is 0 Å². The molecular formula is C21H15ClN2O3S. The third-order valence-electron chi connectivity index (χ3n) is 4.35. The summed E-state index contributed by atoms with van der Waals surface area (Å²) < 4.78 is 7.27. The van der Waals surface area contributed by atoms with E-state index in [1.165, 1.54) is 15.7 Å². The quantitative estimate of drug-likeness (QED) is 0.453. The summed E-state index contributed by atoms with van der Waals surface area (Å²) in [6.45, 7) is 1.95. The van der Waals surface area contributed by atoms with Crippen LogP contribution in [-0.4, -0.2) is 15.2 Å². The van der Waals surface area contributed by atoms with Crippen LogP contribution >= 0.6 is 22.9 Å². The van der Waals surface area contributed by atoms with Crippen LogP contribution in [0.3, 0.4) is 0 Å². The maximum atomic E-state index is 12.5. The predicted molar refractivity (Wildman–Crippen MR) is 110 cm³/mol. The van der Waals surface area contributed by atoms with Crippen molar-refractivity contribution in [3.63, 3.8) is 0 Å². The lowest BCUT2D eigenvalue weighted by atomic mass is 10.0. The van der Waals surface area contributed by atoms with Crippen molar-refractivity contribution < 1.29 is 9.53 Å². The van der Waals surface area contributed by atoms with Gasteiger partial charge < -0.3 is 4.74 Å². The molecular weight excluding hydrogens is 396 g/mol. The Kier molecular flexibility index (Phi) is 4.98. The highest BCUT2D eigenvalue weighted by molar-refractivity contribution is 7.15. The van der Waals surface area contributed by atoms with Crippen LogP contribution in [-0.2, 0) is 6.61 Å². The van der Waals surface area contributed by atoms with E-state index in [2.05, 4.69) is 4.98 Å². The predicted octanol–water partition coefficient (Wildman–Crippen LogP) is 4.53. The highest BCUT2D eigenvalue weighted by atomic mass is 35.5. The third-order valence-corrected chi connectivity index (χ3v) is 5.35. The fourth-order valence-corrected chi connectivity index (χ4v) is 3.59. The van der Waals surface area contributed by atoms with Crippen molar-refractivity contribution in [3.05, 3.63) is 97.7 Å². The molecule has 0 N–H and O–H groups in total. The summed E-state index contributed by atoms with van der Waals surface area (Å²) in [5.41, 5.74) is 2.37. The number of hydrogen-bond acceptors (Lipinski definition) is 5. The molecule has 0 unspecified atom stereocenters. The van der Waals surface area contributed by atoms with Gasteiger partial charge in [0.1, 0.15) is 6.61 Å². The topological polar surface area (TPSA) is 60.7 Å². The Morgan fingerprint density at radius 2 is 1.75 bits per heavy atom. The molecule has 28 heavy (non-hydrogen) atoms. The number of halogens is 1. The lowest BCUT2D eigenvalue weighted by Gasteiger charge is -2.09. The molecule has 2 aromatic carbocycles. The molecule has 0 aliphatic rings. The van der Waals surface area contributed by atoms with Crippen LogP contribution in [0.5, 0.6) is 5.88 Å². The number of benzene rings is 2. The van der Waals surface area contributed by atoms with Gasteiger partial charge in [0.15, 0.2) is 10.7 Å². The van der Waals surface area contributed by atoms with E-state index in [0.29, 0.717) is 32.6 Å². The zero-order valence-electron chi connectivity index (χ0n) is 14.9. The molecule has 5 nitrogen and oxygen atoms in total. The molecule has 0 aliphatic heterocycles. The van der Waals surface area contributed by atoms with Gasteiger partial charge in [-0.25, -0.2) is 0 Å². The van der Waals surface area contributed by atoms with Gasteiger partial charge in [0, 0.05) is 27.7 Å². The van der Waals surface area contributed by atoms with Crippen LogP contribution in [0, 0.1) is 6.92 Å². The average Bonchev–Trinajstić information content (AvgIpc) is 3.19. The number of fused-ring (bicyclic) bond motifs is 1. The first-order valence-corrected chi connectivity index (χ1v) is 9.77. The number of carbonyl (C=O) groups excluding carboxylic acids is 1. The number of hydrogen-bond donors (Lipinski definition) is 0. The molecule has 0 aliphatic carbocycles. The molecule has 2 aromatic heterocycles. The fourth-order valence-electron chi connectivity index (χ4n) is 2.76. The van der Waals surface area contributed by atoms with Gasteiger partial charge in [-0.1, -0.05) is 35.9 Å². The van der Waals surface area contributed by atoms with E-state index in [9.17, 15) is 9.59 Å². The molecule has 0 bridgehead atoms.